The molecule has 0 saturated carbocycles. The normalized spacial score (nSPS) is 12.2. The molecule has 9 heteroatoms. The van der Waals surface area contributed by atoms with E-state index < -0.39 is 28.5 Å². The van der Waals surface area contributed by atoms with Crippen molar-refractivity contribution in [1.29, 1.82) is 0 Å². The molecule has 0 aromatic heterocycles. The second-order valence-corrected chi connectivity index (χ2v) is 11.8. The molecule has 3 aromatic carbocycles. The van der Waals surface area contributed by atoms with Gasteiger partial charge in [-0.05, 0) is 67.3 Å². The molecule has 0 bridgehead atoms. The molecule has 3 rings (SSSR count). The van der Waals surface area contributed by atoms with Crippen molar-refractivity contribution in [2.24, 2.45) is 0 Å². The SMILES string of the molecule is CNC(=O)[C@H](C)N(Cc1ccc(Cl)cc1)C(=O)CN(c1ccc(C(C)C)cc1)S(=O)(=O)c1ccc(C)cc1. The first kappa shape index (κ1) is 29.2. The van der Waals surface area contributed by atoms with Crippen LogP contribution < -0.4 is 9.62 Å². The molecule has 3 aromatic rings. The van der Waals surface area contributed by atoms with E-state index in [0.717, 1.165) is 21.0 Å². The number of rotatable bonds is 10. The fraction of sp³-hybridized carbons (Fsp3) is 0.310. The molecule has 202 valence electrons. The summed E-state index contributed by atoms with van der Waals surface area (Å²) < 4.78 is 28.8. The topological polar surface area (TPSA) is 86.8 Å². The van der Waals surface area contributed by atoms with Crippen LogP contribution in [-0.2, 0) is 26.2 Å². The Balaban J connectivity index is 2.03. The number of hydrogen-bond acceptors (Lipinski definition) is 4. The van der Waals surface area contributed by atoms with Gasteiger partial charge < -0.3 is 10.2 Å². The zero-order valence-electron chi connectivity index (χ0n) is 22.3. The summed E-state index contributed by atoms with van der Waals surface area (Å²) >= 11 is 6.01. The van der Waals surface area contributed by atoms with Gasteiger partial charge in [-0.15, -0.1) is 0 Å². The third-order valence-electron chi connectivity index (χ3n) is 6.42. The molecule has 1 atom stereocenters. The Kier molecular flexibility index (Phi) is 9.57. The van der Waals surface area contributed by atoms with Crippen molar-refractivity contribution in [1.82, 2.24) is 10.2 Å². The van der Waals surface area contributed by atoms with E-state index in [9.17, 15) is 18.0 Å². The summed E-state index contributed by atoms with van der Waals surface area (Å²) in [6.45, 7) is 7.21. The molecule has 0 radical (unpaired) electrons. The largest absolute Gasteiger partial charge is 0.357 e. The number of amides is 2. The summed E-state index contributed by atoms with van der Waals surface area (Å²) in [6, 6.07) is 19.7. The number of benzene rings is 3. The van der Waals surface area contributed by atoms with Gasteiger partial charge in [0.15, 0.2) is 0 Å². The van der Waals surface area contributed by atoms with Gasteiger partial charge in [0.1, 0.15) is 12.6 Å². The van der Waals surface area contributed by atoms with Gasteiger partial charge in [0.05, 0.1) is 10.6 Å². The maximum absolute atomic E-state index is 13.8. The third kappa shape index (κ3) is 6.94. The Morgan fingerprint density at radius 3 is 2.00 bits per heavy atom. The lowest BCUT2D eigenvalue weighted by Crippen LogP contribution is -2.50. The van der Waals surface area contributed by atoms with Crippen LogP contribution in [0.3, 0.4) is 0 Å². The second kappa shape index (κ2) is 12.5. The smallest absolute Gasteiger partial charge is 0.264 e. The molecule has 0 aliphatic heterocycles. The highest BCUT2D eigenvalue weighted by molar-refractivity contribution is 7.92. The van der Waals surface area contributed by atoms with Crippen LogP contribution in [-0.4, -0.2) is 44.8 Å². The predicted molar refractivity (Wildman–Crippen MR) is 152 cm³/mol. The molecule has 0 spiro atoms. The lowest BCUT2D eigenvalue weighted by Gasteiger charge is -2.32. The van der Waals surface area contributed by atoms with Crippen molar-refractivity contribution in [2.75, 3.05) is 17.9 Å². The van der Waals surface area contributed by atoms with E-state index in [1.807, 2.05) is 32.9 Å². The predicted octanol–water partition coefficient (Wildman–Crippen LogP) is 5.13. The number of likely N-dealkylation sites (N-methyl/N-ethyl adjacent to an activating group) is 1. The van der Waals surface area contributed by atoms with E-state index >= 15 is 0 Å². The monoisotopic (exact) mass is 555 g/mol. The average Bonchev–Trinajstić information content (AvgIpc) is 2.90. The summed E-state index contributed by atoms with van der Waals surface area (Å²) in [6.07, 6.45) is 0. The molecule has 2 amide bonds. The molecule has 0 fully saturated rings. The minimum atomic E-state index is -4.09. The number of hydrogen-bond donors (Lipinski definition) is 1. The molecular weight excluding hydrogens is 522 g/mol. The van der Waals surface area contributed by atoms with Crippen LogP contribution in [0.25, 0.3) is 0 Å². The number of carbonyl (C=O) groups excluding carboxylic acids is 2. The van der Waals surface area contributed by atoms with Crippen molar-refractivity contribution in [3.05, 3.63) is 94.5 Å². The van der Waals surface area contributed by atoms with Crippen molar-refractivity contribution in [3.8, 4) is 0 Å². The third-order valence-corrected chi connectivity index (χ3v) is 8.46. The number of nitrogens with zero attached hydrogens (tertiary/aromatic N) is 2. The first-order chi connectivity index (χ1) is 17.9. The second-order valence-electron chi connectivity index (χ2n) is 9.51. The van der Waals surface area contributed by atoms with E-state index in [1.54, 1.807) is 55.5 Å². The maximum atomic E-state index is 13.8. The number of halogens is 1. The Labute approximate surface area is 230 Å². The van der Waals surface area contributed by atoms with Gasteiger partial charge in [-0.3, -0.25) is 13.9 Å². The van der Waals surface area contributed by atoms with Crippen molar-refractivity contribution < 1.29 is 18.0 Å². The summed E-state index contributed by atoms with van der Waals surface area (Å²) in [7, 11) is -2.60. The zero-order valence-corrected chi connectivity index (χ0v) is 23.9. The van der Waals surface area contributed by atoms with E-state index in [1.165, 1.54) is 24.1 Å². The van der Waals surface area contributed by atoms with Crippen molar-refractivity contribution in [2.45, 2.75) is 51.1 Å². The molecule has 1 N–H and O–H groups in total. The number of nitrogens with one attached hydrogen (secondary N) is 1. The van der Waals surface area contributed by atoms with E-state index in [4.69, 9.17) is 11.6 Å². The molecule has 0 aliphatic carbocycles. The highest BCUT2D eigenvalue weighted by Crippen LogP contribution is 2.27. The Hall–Kier alpha value is -3.36. The van der Waals surface area contributed by atoms with E-state index in [-0.39, 0.29) is 23.3 Å². The number of aryl methyl sites for hydroxylation is 1. The number of sulfonamides is 1. The minimum absolute atomic E-state index is 0.0763. The van der Waals surface area contributed by atoms with Crippen LogP contribution in [0.4, 0.5) is 5.69 Å². The van der Waals surface area contributed by atoms with Crippen LogP contribution >= 0.6 is 11.6 Å². The zero-order chi connectivity index (χ0) is 28.0. The first-order valence-corrected chi connectivity index (χ1v) is 14.2. The Bertz CT molecular complexity index is 1360. The van der Waals surface area contributed by atoms with Gasteiger partial charge in [-0.1, -0.05) is 67.4 Å². The fourth-order valence-corrected chi connectivity index (χ4v) is 5.51. The summed E-state index contributed by atoms with van der Waals surface area (Å²) in [5, 5.41) is 3.12. The van der Waals surface area contributed by atoms with Gasteiger partial charge in [0, 0.05) is 18.6 Å². The maximum Gasteiger partial charge on any atom is 0.264 e. The fourth-order valence-electron chi connectivity index (χ4n) is 3.97. The van der Waals surface area contributed by atoms with Crippen molar-refractivity contribution in [3.63, 3.8) is 0 Å². The highest BCUT2D eigenvalue weighted by Gasteiger charge is 2.32. The number of anilines is 1. The first-order valence-electron chi connectivity index (χ1n) is 12.4. The Morgan fingerprint density at radius 1 is 0.895 bits per heavy atom. The van der Waals surface area contributed by atoms with E-state index in [0.29, 0.717) is 10.7 Å². The summed E-state index contributed by atoms with van der Waals surface area (Å²) in [4.78, 5) is 27.8. The quantitative estimate of drug-likeness (QED) is 0.376. The molecule has 0 heterocycles. The molecular formula is C29H34ClN3O4S. The van der Waals surface area contributed by atoms with Gasteiger partial charge in [0.25, 0.3) is 10.0 Å². The average molecular weight is 556 g/mol. The van der Waals surface area contributed by atoms with Gasteiger partial charge in [0.2, 0.25) is 11.8 Å². The lowest BCUT2D eigenvalue weighted by molar-refractivity contribution is -0.139. The van der Waals surface area contributed by atoms with Crippen molar-refractivity contribution >= 4 is 39.1 Å². The van der Waals surface area contributed by atoms with Gasteiger partial charge in [-0.25, -0.2) is 8.42 Å². The van der Waals surface area contributed by atoms with Crippen LogP contribution in [0.15, 0.2) is 77.7 Å². The molecule has 0 aliphatic rings. The van der Waals surface area contributed by atoms with Crippen LogP contribution in [0, 0.1) is 6.92 Å². The van der Waals surface area contributed by atoms with Crippen LogP contribution in [0.2, 0.25) is 5.02 Å². The van der Waals surface area contributed by atoms with Crippen LogP contribution in [0.5, 0.6) is 0 Å². The summed E-state index contributed by atoms with van der Waals surface area (Å²) in [5.41, 5.74) is 3.09. The van der Waals surface area contributed by atoms with Crippen LogP contribution in [0.1, 0.15) is 43.4 Å². The molecule has 7 nitrogen and oxygen atoms in total. The summed E-state index contributed by atoms with van der Waals surface area (Å²) in [5.74, 6) is -0.614. The highest BCUT2D eigenvalue weighted by atomic mass is 35.5. The molecule has 38 heavy (non-hydrogen) atoms. The van der Waals surface area contributed by atoms with Gasteiger partial charge >= 0.3 is 0 Å². The minimum Gasteiger partial charge on any atom is -0.357 e. The Morgan fingerprint density at radius 2 is 1.47 bits per heavy atom. The lowest BCUT2D eigenvalue weighted by atomic mass is 10.0. The number of carbonyl (C=O) groups is 2. The van der Waals surface area contributed by atoms with Gasteiger partial charge in [-0.2, -0.15) is 0 Å². The molecule has 0 unspecified atom stereocenters. The molecule has 0 saturated heterocycles. The van der Waals surface area contributed by atoms with E-state index in [2.05, 4.69) is 5.32 Å². The standard InChI is InChI=1S/C29H34ClN3O4S/c1-20(2)24-10-14-26(15-11-24)33(38(36,37)27-16-6-21(3)7-17-27)19-28(34)32(22(4)29(35)31-5)18-23-8-12-25(30)13-9-23/h6-17,20,22H,18-19H2,1-5H3,(H,31,35)/t22-/m0/s1.